The summed E-state index contributed by atoms with van der Waals surface area (Å²) in [5, 5.41) is 0.466. The lowest BCUT2D eigenvalue weighted by Crippen LogP contribution is -2.50. The summed E-state index contributed by atoms with van der Waals surface area (Å²) in [6.07, 6.45) is 0. The third-order valence-corrected chi connectivity index (χ3v) is 7.45. The minimum atomic E-state index is -3.60. The molecule has 1 heterocycles. The van der Waals surface area contributed by atoms with Gasteiger partial charge in [0.15, 0.2) is 0 Å². The Bertz CT molecular complexity index is 693. The number of halogens is 1. The number of hydrogen-bond acceptors (Lipinski definition) is 4. The second-order valence-electron chi connectivity index (χ2n) is 4.66. The van der Waals surface area contributed by atoms with Crippen molar-refractivity contribution in [2.75, 3.05) is 31.9 Å². The quantitative estimate of drug-likeness (QED) is 0.810. The largest absolute Gasteiger partial charge is 0.243 e. The summed E-state index contributed by atoms with van der Waals surface area (Å²) >= 11 is 5.75. The van der Waals surface area contributed by atoms with Gasteiger partial charge in [0, 0.05) is 31.2 Å². The van der Waals surface area contributed by atoms with Crippen molar-refractivity contribution in [2.24, 2.45) is 0 Å². The Labute approximate surface area is 130 Å². The SMILES string of the molecule is CCS(=O)(=O)N1CCN(S(=O)(=O)c2ccc(Cl)cc2)CC1. The number of nitrogens with zero attached hydrogens (tertiary/aromatic N) is 2. The molecule has 0 radical (unpaired) electrons. The van der Waals surface area contributed by atoms with Gasteiger partial charge in [0.1, 0.15) is 0 Å². The molecule has 1 aliphatic heterocycles. The summed E-state index contributed by atoms with van der Waals surface area (Å²) in [6, 6.07) is 5.94. The molecule has 0 unspecified atom stereocenters. The van der Waals surface area contributed by atoms with Gasteiger partial charge in [-0.3, -0.25) is 0 Å². The van der Waals surface area contributed by atoms with E-state index in [1.165, 1.54) is 32.9 Å². The van der Waals surface area contributed by atoms with Gasteiger partial charge in [0.25, 0.3) is 0 Å². The molecule has 1 fully saturated rings. The molecule has 0 aromatic heterocycles. The first-order chi connectivity index (χ1) is 9.77. The monoisotopic (exact) mass is 352 g/mol. The minimum absolute atomic E-state index is 0.0247. The van der Waals surface area contributed by atoms with Crippen molar-refractivity contribution in [1.82, 2.24) is 8.61 Å². The van der Waals surface area contributed by atoms with E-state index in [9.17, 15) is 16.8 Å². The molecular formula is C12H17ClN2O4S2. The van der Waals surface area contributed by atoms with Crippen molar-refractivity contribution >= 4 is 31.6 Å². The lowest BCUT2D eigenvalue weighted by atomic mass is 10.4. The average Bonchev–Trinajstić information content (AvgIpc) is 2.48. The minimum Gasteiger partial charge on any atom is -0.212 e. The summed E-state index contributed by atoms with van der Waals surface area (Å²) in [5.74, 6) is 0.0247. The Morgan fingerprint density at radius 2 is 1.43 bits per heavy atom. The van der Waals surface area contributed by atoms with Gasteiger partial charge in [-0.1, -0.05) is 11.6 Å². The lowest BCUT2D eigenvalue weighted by Gasteiger charge is -2.33. The van der Waals surface area contributed by atoms with Gasteiger partial charge in [-0.2, -0.15) is 8.61 Å². The highest BCUT2D eigenvalue weighted by Gasteiger charge is 2.32. The van der Waals surface area contributed by atoms with E-state index in [1.807, 2.05) is 0 Å². The third-order valence-electron chi connectivity index (χ3n) is 3.41. The van der Waals surface area contributed by atoms with Gasteiger partial charge in [-0.05, 0) is 31.2 Å². The number of piperazine rings is 1. The highest BCUT2D eigenvalue weighted by molar-refractivity contribution is 7.89. The first-order valence-electron chi connectivity index (χ1n) is 6.51. The number of benzene rings is 1. The Morgan fingerprint density at radius 1 is 0.952 bits per heavy atom. The van der Waals surface area contributed by atoms with Crippen molar-refractivity contribution in [3.63, 3.8) is 0 Å². The molecule has 0 saturated carbocycles. The summed E-state index contributed by atoms with van der Waals surface area (Å²) in [6.45, 7) is 2.26. The van der Waals surface area contributed by atoms with E-state index in [-0.39, 0.29) is 36.8 Å². The fourth-order valence-electron chi connectivity index (χ4n) is 2.13. The van der Waals surface area contributed by atoms with Gasteiger partial charge in [0.2, 0.25) is 20.0 Å². The Morgan fingerprint density at radius 3 is 1.90 bits per heavy atom. The van der Waals surface area contributed by atoms with Crippen LogP contribution in [-0.4, -0.2) is 57.4 Å². The second kappa shape index (κ2) is 6.21. The summed E-state index contributed by atoms with van der Waals surface area (Å²) in [5.41, 5.74) is 0. The molecular weight excluding hydrogens is 336 g/mol. The Hall–Kier alpha value is -0.670. The third kappa shape index (κ3) is 3.57. The molecule has 9 heteroatoms. The van der Waals surface area contributed by atoms with Crippen molar-refractivity contribution in [3.05, 3.63) is 29.3 Å². The predicted octanol–water partition coefficient (Wildman–Crippen LogP) is 0.996. The topological polar surface area (TPSA) is 74.8 Å². The van der Waals surface area contributed by atoms with E-state index in [0.29, 0.717) is 5.02 Å². The molecule has 0 aliphatic carbocycles. The van der Waals surface area contributed by atoms with Crippen molar-refractivity contribution in [2.45, 2.75) is 11.8 Å². The van der Waals surface area contributed by atoms with Crippen LogP contribution in [0.1, 0.15) is 6.92 Å². The van der Waals surface area contributed by atoms with Crippen molar-refractivity contribution in [3.8, 4) is 0 Å². The van der Waals surface area contributed by atoms with Crippen LogP contribution in [0, 0.1) is 0 Å². The summed E-state index contributed by atoms with van der Waals surface area (Å²) in [7, 11) is -6.87. The molecule has 0 N–H and O–H groups in total. The van der Waals surface area contributed by atoms with Gasteiger partial charge >= 0.3 is 0 Å². The van der Waals surface area contributed by atoms with Crippen LogP contribution in [0.4, 0.5) is 0 Å². The number of hydrogen-bond donors (Lipinski definition) is 0. The molecule has 6 nitrogen and oxygen atoms in total. The zero-order valence-electron chi connectivity index (χ0n) is 11.6. The zero-order chi connectivity index (χ0) is 15.7. The molecule has 2 rings (SSSR count). The lowest BCUT2D eigenvalue weighted by molar-refractivity contribution is 0.273. The van der Waals surface area contributed by atoms with Crippen LogP contribution < -0.4 is 0 Å². The second-order valence-corrected chi connectivity index (χ2v) is 9.29. The maximum Gasteiger partial charge on any atom is 0.243 e. The van der Waals surface area contributed by atoms with Gasteiger partial charge in [-0.15, -0.1) is 0 Å². The highest BCUT2D eigenvalue weighted by atomic mass is 35.5. The summed E-state index contributed by atoms with van der Waals surface area (Å²) in [4.78, 5) is 0.165. The predicted molar refractivity (Wildman–Crippen MR) is 81.2 cm³/mol. The smallest absolute Gasteiger partial charge is 0.212 e. The Kier molecular flexibility index (Phi) is 4.94. The van der Waals surface area contributed by atoms with E-state index in [1.54, 1.807) is 6.92 Å². The van der Waals surface area contributed by atoms with Crippen LogP contribution in [0.5, 0.6) is 0 Å². The number of sulfonamides is 2. The number of rotatable bonds is 4. The van der Waals surface area contributed by atoms with Crippen LogP contribution in [0.15, 0.2) is 29.2 Å². The highest BCUT2D eigenvalue weighted by Crippen LogP contribution is 2.20. The van der Waals surface area contributed by atoms with Crippen molar-refractivity contribution in [1.29, 1.82) is 0 Å². The molecule has 0 amide bonds. The van der Waals surface area contributed by atoms with Gasteiger partial charge in [-0.25, -0.2) is 16.8 Å². The molecule has 0 atom stereocenters. The first kappa shape index (κ1) is 16.7. The maximum absolute atomic E-state index is 12.4. The molecule has 118 valence electrons. The summed E-state index contributed by atoms with van der Waals surface area (Å²) < 4.78 is 51.0. The van der Waals surface area contributed by atoms with Crippen LogP contribution >= 0.6 is 11.6 Å². The van der Waals surface area contributed by atoms with Crippen LogP contribution in [0.2, 0.25) is 5.02 Å². The van der Waals surface area contributed by atoms with E-state index in [4.69, 9.17) is 11.6 Å². The molecule has 1 aromatic carbocycles. The molecule has 0 spiro atoms. The van der Waals surface area contributed by atoms with Crippen LogP contribution in [-0.2, 0) is 20.0 Å². The Balaban J connectivity index is 2.13. The first-order valence-corrected chi connectivity index (χ1v) is 9.93. The van der Waals surface area contributed by atoms with Gasteiger partial charge in [0.05, 0.1) is 10.6 Å². The van der Waals surface area contributed by atoms with E-state index in [2.05, 4.69) is 0 Å². The molecule has 1 aromatic rings. The fraction of sp³-hybridized carbons (Fsp3) is 0.500. The zero-order valence-corrected chi connectivity index (χ0v) is 14.0. The van der Waals surface area contributed by atoms with Crippen LogP contribution in [0.3, 0.4) is 0 Å². The molecule has 21 heavy (non-hydrogen) atoms. The van der Waals surface area contributed by atoms with Crippen molar-refractivity contribution < 1.29 is 16.8 Å². The van der Waals surface area contributed by atoms with Crippen LogP contribution in [0.25, 0.3) is 0 Å². The van der Waals surface area contributed by atoms with E-state index < -0.39 is 20.0 Å². The van der Waals surface area contributed by atoms with Gasteiger partial charge < -0.3 is 0 Å². The molecule has 0 bridgehead atoms. The van der Waals surface area contributed by atoms with E-state index >= 15 is 0 Å². The maximum atomic E-state index is 12.4. The normalized spacial score (nSPS) is 18.8. The standard InChI is InChI=1S/C12H17ClN2O4S2/c1-2-20(16,17)14-7-9-15(10-8-14)21(18,19)12-5-3-11(13)4-6-12/h3-6H,2,7-10H2,1H3. The molecule has 1 aliphatic rings. The average molecular weight is 353 g/mol. The van der Waals surface area contributed by atoms with E-state index in [0.717, 1.165) is 0 Å². The molecule has 1 saturated heterocycles. The fourth-order valence-corrected chi connectivity index (χ4v) is 4.76.